The second kappa shape index (κ2) is 4.56. The maximum absolute atomic E-state index is 4.81. The Labute approximate surface area is 109 Å². The predicted molar refractivity (Wildman–Crippen MR) is 77.8 cm³/mol. The van der Waals surface area contributed by atoms with Gasteiger partial charge in [-0.05, 0) is 48.4 Å². The van der Waals surface area contributed by atoms with Gasteiger partial charge in [0.15, 0.2) is 0 Å². The maximum Gasteiger partial charge on any atom is 0.0712 e. The zero-order chi connectivity index (χ0) is 12.5. The molecule has 0 saturated heterocycles. The first-order valence-corrected chi connectivity index (χ1v) is 6.89. The molecule has 0 saturated carbocycles. The number of para-hydroxylation sites is 1. The summed E-state index contributed by atoms with van der Waals surface area (Å²) in [6.07, 6.45) is 7.91. The Hall–Kier alpha value is -1.63. The summed E-state index contributed by atoms with van der Waals surface area (Å²) in [4.78, 5) is 4.81. The number of pyridine rings is 1. The molecule has 0 fully saturated rings. The maximum atomic E-state index is 4.81. The number of benzene rings is 1. The van der Waals surface area contributed by atoms with Crippen molar-refractivity contribution in [2.24, 2.45) is 0 Å². The topological polar surface area (TPSA) is 12.9 Å². The fourth-order valence-corrected chi connectivity index (χ4v) is 2.89. The lowest BCUT2D eigenvalue weighted by atomic mass is 9.86. The Kier molecular flexibility index (Phi) is 2.91. The minimum Gasteiger partial charge on any atom is -0.248 e. The van der Waals surface area contributed by atoms with Crippen molar-refractivity contribution in [3.05, 3.63) is 47.2 Å². The van der Waals surface area contributed by atoms with Crippen molar-refractivity contribution in [1.82, 2.24) is 4.98 Å². The van der Waals surface area contributed by atoms with Gasteiger partial charge in [0.05, 0.1) is 11.2 Å². The number of nitrogens with zero attached hydrogens (tertiary/aromatic N) is 1. The van der Waals surface area contributed by atoms with Gasteiger partial charge in [0.2, 0.25) is 0 Å². The first kappa shape index (κ1) is 11.5. The molecule has 0 unspecified atom stereocenters. The average Bonchev–Trinajstić information content (AvgIpc) is 2.44. The SMILES string of the molecule is CC[C@@H](C)c1c2c(nc3ccccc13)C=CCC2. The van der Waals surface area contributed by atoms with Gasteiger partial charge in [-0.15, -0.1) is 0 Å². The molecule has 0 spiro atoms. The van der Waals surface area contributed by atoms with Gasteiger partial charge in [0.25, 0.3) is 0 Å². The Morgan fingerprint density at radius 3 is 2.94 bits per heavy atom. The Balaban J connectivity index is 2.36. The lowest BCUT2D eigenvalue weighted by molar-refractivity contribution is 0.724. The van der Waals surface area contributed by atoms with Gasteiger partial charge in [-0.25, -0.2) is 4.98 Å². The Morgan fingerprint density at radius 1 is 1.28 bits per heavy atom. The first-order chi connectivity index (χ1) is 8.81. The van der Waals surface area contributed by atoms with Gasteiger partial charge in [-0.2, -0.15) is 0 Å². The monoisotopic (exact) mass is 237 g/mol. The van der Waals surface area contributed by atoms with Gasteiger partial charge in [-0.1, -0.05) is 38.1 Å². The molecule has 2 aromatic rings. The molecule has 1 aliphatic rings. The van der Waals surface area contributed by atoms with Crippen molar-refractivity contribution in [2.75, 3.05) is 0 Å². The van der Waals surface area contributed by atoms with Crippen molar-refractivity contribution in [2.45, 2.75) is 39.0 Å². The van der Waals surface area contributed by atoms with Crippen LogP contribution in [0.4, 0.5) is 0 Å². The summed E-state index contributed by atoms with van der Waals surface area (Å²) in [6.45, 7) is 4.60. The van der Waals surface area contributed by atoms with E-state index < -0.39 is 0 Å². The van der Waals surface area contributed by atoms with Crippen LogP contribution in [0.5, 0.6) is 0 Å². The van der Waals surface area contributed by atoms with Crippen LogP contribution in [0.15, 0.2) is 30.3 Å². The molecule has 1 aromatic heterocycles. The second-order valence-electron chi connectivity index (χ2n) is 5.16. The molecule has 0 bridgehead atoms. The highest BCUT2D eigenvalue weighted by Crippen LogP contribution is 2.34. The number of fused-ring (bicyclic) bond motifs is 2. The predicted octanol–water partition coefficient (Wildman–Crippen LogP) is 4.71. The van der Waals surface area contributed by atoms with Crippen LogP contribution in [0, 0.1) is 0 Å². The van der Waals surface area contributed by atoms with E-state index in [1.807, 2.05) is 0 Å². The summed E-state index contributed by atoms with van der Waals surface area (Å²) in [5.41, 5.74) is 5.33. The van der Waals surface area contributed by atoms with Crippen LogP contribution in [0.25, 0.3) is 17.0 Å². The summed E-state index contributed by atoms with van der Waals surface area (Å²) in [5.74, 6) is 0.609. The summed E-state index contributed by atoms with van der Waals surface area (Å²) in [6, 6.07) is 8.56. The van der Waals surface area contributed by atoms with E-state index >= 15 is 0 Å². The quantitative estimate of drug-likeness (QED) is 0.737. The van der Waals surface area contributed by atoms with E-state index in [1.54, 1.807) is 0 Å². The molecule has 1 aliphatic carbocycles. The van der Waals surface area contributed by atoms with Crippen LogP contribution >= 0.6 is 0 Å². The standard InChI is InChI=1S/C17H19N/c1-3-12(2)17-13-8-4-6-10-15(13)18-16-11-7-5-9-14(16)17/h4,6-8,10-12H,3,5,9H2,1-2H3/t12-/m1/s1. The molecule has 92 valence electrons. The lowest BCUT2D eigenvalue weighted by Crippen LogP contribution is -2.07. The van der Waals surface area contributed by atoms with Gasteiger partial charge >= 0.3 is 0 Å². The van der Waals surface area contributed by atoms with Gasteiger partial charge < -0.3 is 0 Å². The van der Waals surface area contributed by atoms with Crippen molar-refractivity contribution >= 4 is 17.0 Å². The summed E-state index contributed by atoms with van der Waals surface area (Å²) >= 11 is 0. The molecule has 1 nitrogen and oxygen atoms in total. The van der Waals surface area contributed by atoms with E-state index in [4.69, 9.17) is 4.98 Å². The van der Waals surface area contributed by atoms with Gasteiger partial charge in [0.1, 0.15) is 0 Å². The molecule has 0 aliphatic heterocycles. The minimum absolute atomic E-state index is 0.609. The number of rotatable bonds is 2. The number of hydrogen-bond acceptors (Lipinski definition) is 1. The van der Waals surface area contributed by atoms with Gasteiger partial charge in [0, 0.05) is 5.39 Å². The van der Waals surface area contributed by atoms with Crippen LogP contribution in [0.1, 0.15) is 49.4 Å². The van der Waals surface area contributed by atoms with E-state index in [0.717, 1.165) is 18.4 Å². The third-order valence-electron chi connectivity index (χ3n) is 4.01. The normalized spacial score (nSPS) is 15.7. The fraction of sp³-hybridized carbons (Fsp3) is 0.353. The zero-order valence-corrected chi connectivity index (χ0v) is 11.1. The molecular weight excluding hydrogens is 218 g/mol. The third kappa shape index (κ3) is 1.74. The molecular formula is C17H19N. The first-order valence-electron chi connectivity index (χ1n) is 6.89. The highest BCUT2D eigenvalue weighted by Gasteiger charge is 2.18. The minimum atomic E-state index is 0.609. The molecule has 18 heavy (non-hydrogen) atoms. The molecule has 1 aromatic carbocycles. The largest absolute Gasteiger partial charge is 0.248 e. The number of aromatic nitrogens is 1. The smallest absolute Gasteiger partial charge is 0.0712 e. The molecule has 1 heteroatoms. The summed E-state index contributed by atoms with van der Waals surface area (Å²) in [5, 5.41) is 1.35. The van der Waals surface area contributed by atoms with Gasteiger partial charge in [-0.3, -0.25) is 0 Å². The molecule has 0 N–H and O–H groups in total. The Bertz CT molecular complexity index is 610. The number of allylic oxidation sites excluding steroid dienone is 1. The highest BCUT2D eigenvalue weighted by atomic mass is 14.7. The molecule has 1 heterocycles. The second-order valence-corrected chi connectivity index (χ2v) is 5.16. The van der Waals surface area contributed by atoms with Crippen LogP contribution in [0.3, 0.4) is 0 Å². The molecule has 1 atom stereocenters. The Morgan fingerprint density at radius 2 is 2.11 bits per heavy atom. The van der Waals surface area contributed by atoms with Crippen LogP contribution in [-0.2, 0) is 6.42 Å². The summed E-state index contributed by atoms with van der Waals surface area (Å²) in [7, 11) is 0. The van der Waals surface area contributed by atoms with E-state index in [1.165, 1.54) is 28.6 Å². The average molecular weight is 237 g/mol. The number of hydrogen-bond donors (Lipinski definition) is 0. The van der Waals surface area contributed by atoms with Crippen molar-refractivity contribution in [1.29, 1.82) is 0 Å². The van der Waals surface area contributed by atoms with Crippen molar-refractivity contribution < 1.29 is 0 Å². The lowest BCUT2D eigenvalue weighted by Gasteiger charge is -2.21. The van der Waals surface area contributed by atoms with Crippen LogP contribution in [-0.4, -0.2) is 4.98 Å². The molecule has 3 rings (SSSR count). The van der Waals surface area contributed by atoms with Crippen LogP contribution < -0.4 is 0 Å². The van der Waals surface area contributed by atoms with E-state index in [-0.39, 0.29) is 0 Å². The van der Waals surface area contributed by atoms with E-state index in [2.05, 4.69) is 50.3 Å². The van der Waals surface area contributed by atoms with Crippen LogP contribution in [0.2, 0.25) is 0 Å². The summed E-state index contributed by atoms with van der Waals surface area (Å²) < 4.78 is 0. The molecule has 0 radical (unpaired) electrons. The molecule has 0 amide bonds. The fourth-order valence-electron chi connectivity index (χ4n) is 2.89. The highest BCUT2D eigenvalue weighted by molar-refractivity contribution is 5.86. The third-order valence-corrected chi connectivity index (χ3v) is 4.01. The van der Waals surface area contributed by atoms with E-state index in [9.17, 15) is 0 Å². The van der Waals surface area contributed by atoms with E-state index in [0.29, 0.717) is 5.92 Å². The van der Waals surface area contributed by atoms with Crippen molar-refractivity contribution in [3.8, 4) is 0 Å². The van der Waals surface area contributed by atoms with Crippen molar-refractivity contribution in [3.63, 3.8) is 0 Å². The zero-order valence-electron chi connectivity index (χ0n) is 11.1.